The molecule has 5 heterocycles. The summed E-state index contributed by atoms with van der Waals surface area (Å²) >= 11 is 0. The van der Waals surface area contributed by atoms with E-state index in [0.29, 0.717) is 19.2 Å². The molecule has 4 aliphatic heterocycles. The second kappa shape index (κ2) is 11.1. The lowest BCUT2D eigenvalue weighted by Crippen LogP contribution is -2.57. The summed E-state index contributed by atoms with van der Waals surface area (Å²) in [4.78, 5) is 32.3. The predicted octanol–water partition coefficient (Wildman–Crippen LogP) is 4.90. The molecule has 9 heteroatoms. The smallest absolute Gasteiger partial charge is 0.319 e. The molecule has 3 aromatic carbocycles. The van der Waals surface area contributed by atoms with Crippen molar-refractivity contribution in [2.24, 2.45) is 0 Å². The van der Waals surface area contributed by atoms with Crippen LogP contribution in [0.25, 0.3) is 32.8 Å². The molecule has 1 amide bonds. The van der Waals surface area contributed by atoms with Crippen LogP contribution >= 0.6 is 0 Å². The molecular formula is C36H42N6O3. The Morgan fingerprint density at radius 2 is 1.73 bits per heavy atom. The number of hydrogen-bond acceptors (Lipinski definition) is 8. The molecule has 4 fully saturated rings. The van der Waals surface area contributed by atoms with Crippen LogP contribution in [0.3, 0.4) is 0 Å². The predicted molar refractivity (Wildman–Crippen MR) is 177 cm³/mol. The number of fused-ring (bicyclic) bond motifs is 5. The van der Waals surface area contributed by atoms with Crippen molar-refractivity contribution in [1.82, 2.24) is 24.7 Å². The summed E-state index contributed by atoms with van der Waals surface area (Å²) in [6.07, 6.45) is 6.78. The normalized spacial score (nSPS) is 22.6. The van der Waals surface area contributed by atoms with Gasteiger partial charge in [0.25, 0.3) is 0 Å². The summed E-state index contributed by atoms with van der Waals surface area (Å²) in [7, 11) is 3.91. The first kappa shape index (κ1) is 28.5. The molecule has 1 aromatic heterocycles. The molecule has 4 aromatic rings. The van der Waals surface area contributed by atoms with Gasteiger partial charge in [-0.1, -0.05) is 30.3 Å². The van der Waals surface area contributed by atoms with Crippen LogP contribution in [0.4, 0.5) is 5.82 Å². The number of nitrogens with zero attached hydrogens (tertiary/aromatic N) is 6. The zero-order valence-electron chi connectivity index (χ0n) is 26.3. The van der Waals surface area contributed by atoms with Crippen LogP contribution in [0.15, 0.2) is 54.6 Å². The molecule has 2 bridgehead atoms. The number of benzene rings is 3. The van der Waals surface area contributed by atoms with Crippen molar-refractivity contribution in [2.75, 3.05) is 58.3 Å². The number of anilines is 1. The summed E-state index contributed by atoms with van der Waals surface area (Å²) in [5.41, 5.74) is 2.87. The number of carbonyl (C=O) groups is 1. The first-order valence-corrected chi connectivity index (χ1v) is 16.5. The lowest BCUT2D eigenvalue weighted by molar-refractivity contribution is -0.135. The quantitative estimate of drug-likeness (QED) is 0.318. The van der Waals surface area contributed by atoms with E-state index in [-0.39, 0.29) is 29.3 Å². The average Bonchev–Trinajstić information content (AvgIpc) is 3.69. The van der Waals surface area contributed by atoms with Gasteiger partial charge in [-0.3, -0.25) is 9.69 Å². The summed E-state index contributed by atoms with van der Waals surface area (Å²) in [5, 5.41) is 13.6. The molecule has 0 spiro atoms. The maximum atomic E-state index is 13.2. The van der Waals surface area contributed by atoms with Gasteiger partial charge in [-0.25, -0.2) is 0 Å². The average molecular weight is 607 g/mol. The van der Waals surface area contributed by atoms with Gasteiger partial charge in [0.05, 0.1) is 17.6 Å². The zero-order chi connectivity index (χ0) is 30.7. The molecular weight excluding hydrogens is 564 g/mol. The van der Waals surface area contributed by atoms with Gasteiger partial charge in [-0.15, -0.1) is 0 Å². The van der Waals surface area contributed by atoms with Crippen LogP contribution in [-0.2, 0) is 4.79 Å². The van der Waals surface area contributed by atoms with Gasteiger partial charge >= 0.3 is 6.01 Å². The van der Waals surface area contributed by atoms with Gasteiger partial charge in [0, 0.05) is 30.6 Å². The molecule has 0 unspecified atom stereocenters. The van der Waals surface area contributed by atoms with E-state index in [1.807, 2.05) is 43.3 Å². The fraction of sp³-hybridized carbons (Fsp3) is 0.472. The first-order valence-electron chi connectivity index (χ1n) is 16.5. The molecule has 8 rings (SSSR count). The Hall–Kier alpha value is -3.95. The Labute approximate surface area is 264 Å². The zero-order valence-corrected chi connectivity index (χ0v) is 26.3. The third kappa shape index (κ3) is 5.06. The summed E-state index contributed by atoms with van der Waals surface area (Å²) < 4.78 is 6.54. The van der Waals surface area contributed by atoms with Crippen molar-refractivity contribution in [1.29, 1.82) is 0 Å². The van der Waals surface area contributed by atoms with E-state index < -0.39 is 0 Å². The molecule has 0 radical (unpaired) electrons. The van der Waals surface area contributed by atoms with Gasteiger partial charge in [-0.2, -0.15) is 9.97 Å². The summed E-state index contributed by atoms with van der Waals surface area (Å²) in [6, 6.07) is 18.9. The summed E-state index contributed by atoms with van der Waals surface area (Å²) in [6.45, 7) is 4.83. The highest BCUT2D eigenvalue weighted by molar-refractivity contribution is 6.01. The topological polar surface area (TPSA) is 85.3 Å². The second-order valence-corrected chi connectivity index (χ2v) is 13.8. The Kier molecular flexibility index (Phi) is 7.06. The number of amides is 1. The third-order valence-electron chi connectivity index (χ3n) is 10.6. The van der Waals surface area contributed by atoms with E-state index >= 15 is 0 Å². The molecule has 45 heavy (non-hydrogen) atoms. The van der Waals surface area contributed by atoms with Crippen molar-refractivity contribution in [3.63, 3.8) is 0 Å². The van der Waals surface area contributed by atoms with E-state index in [1.165, 1.54) is 12.8 Å². The number of phenols is 1. The standard InChI is InChI=1S/C36H42N6O3/c1-39(2)22-33(44)42-26-10-11-27(42)21-40(20-26)34-30-12-9-25(31-19-28(43)17-24-7-3-4-8-29(24)31)18-32(30)37-35(38-34)45-23-36-13-5-15-41(36)16-6-14-36/h3-4,7-9,12,17-19,26-27,43H,5-6,10-11,13-16,20-23H2,1-2H3/t26-,27+. The van der Waals surface area contributed by atoms with Crippen LogP contribution in [0, 0.1) is 0 Å². The number of carbonyl (C=O) groups excluding carboxylic acids is 1. The lowest BCUT2D eigenvalue weighted by Gasteiger charge is -2.42. The Morgan fingerprint density at radius 3 is 2.49 bits per heavy atom. The maximum absolute atomic E-state index is 13.2. The summed E-state index contributed by atoms with van der Waals surface area (Å²) in [5.74, 6) is 1.33. The molecule has 0 saturated carbocycles. The molecule has 9 nitrogen and oxygen atoms in total. The van der Waals surface area contributed by atoms with Crippen LogP contribution in [0.2, 0.25) is 0 Å². The van der Waals surface area contributed by atoms with E-state index in [9.17, 15) is 9.90 Å². The molecule has 4 aliphatic rings. The van der Waals surface area contributed by atoms with E-state index in [0.717, 1.165) is 90.5 Å². The van der Waals surface area contributed by atoms with Gasteiger partial charge < -0.3 is 24.5 Å². The molecule has 4 saturated heterocycles. The van der Waals surface area contributed by atoms with E-state index in [4.69, 9.17) is 14.7 Å². The Bertz CT molecular complexity index is 1750. The minimum atomic E-state index is 0.0956. The van der Waals surface area contributed by atoms with Gasteiger partial charge in [0.1, 0.15) is 18.2 Å². The van der Waals surface area contributed by atoms with E-state index in [1.54, 1.807) is 6.07 Å². The number of ether oxygens (including phenoxy) is 1. The highest BCUT2D eigenvalue weighted by Crippen LogP contribution is 2.41. The number of likely N-dealkylation sites (N-methyl/N-ethyl adjacent to an activating group) is 1. The minimum absolute atomic E-state index is 0.0956. The number of aromatic hydroxyl groups is 1. The number of piperazine rings is 1. The number of hydrogen-bond donors (Lipinski definition) is 1. The van der Waals surface area contributed by atoms with E-state index in [2.05, 4.69) is 39.0 Å². The lowest BCUT2D eigenvalue weighted by atomic mass is 9.95. The third-order valence-corrected chi connectivity index (χ3v) is 10.6. The Morgan fingerprint density at radius 1 is 0.978 bits per heavy atom. The van der Waals surface area contributed by atoms with Gasteiger partial charge in [0.15, 0.2) is 0 Å². The second-order valence-electron chi connectivity index (χ2n) is 13.8. The van der Waals surface area contributed by atoms with Gasteiger partial charge in [-0.05, 0) is 112 Å². The van der Waals surface area contributed by atoms with Crippen molar-refractivity contribution < 1.29 is 14.6 Å². The van der Waals surface area contributed by atoms with Crippen molar-refractivity contribution in [2.45, 2.75) is 56.1 Å². The molecule has 234 valence electrons. The highest BCUT2D eigenvalue weighted by atomic mass is 16.5. The van der Waals surface area contributed by atoms with Gasteiger partial charge in [0.2, 0.25) is 5.91 Å². The van der Waals surface area contributed by atoms with Crippen LogP contribution in [0.5, 0.6) is 11.8 Å². The SMILES string of the molecule is CN(C)CC(=O)N1[C@@H]2CC[C@H]1CN(c1nc(OCC34CCCN3CCC4)nc3cc(-c4cc(O)cc5ccccc45)ccc13)C2. The number of aromatic nitrogens is 2. The molecule has 0 aliphatic carbocycles. The monoisotopic (exact) mass is 606 g/mol. The number of rotatable bonds is 7. The molecule has 2 atom stereocenters. The maximum Gasteiger partial charge on any atom is 0.319 e. The van der Waals surface area contributed by atoms with Crippen molar-refractivity contribution in [3.05, 3.63) is 54.6 Å². The first-order chi connectivity index (χ1) is 21.9. The van der Waals surface area contributed by atoms with Crippen molar-refractivity contribution >= 4 is 33.4 Å². The van der Waals surface area contributed by atoms with Crippen molar-refractivity contribution in [3.8, 4) is 22.9 Å². The minimum Gasteiger partial charge on any atom is -0.508 e. The highest BCUT2D eigenvalue weighted by Gasteiger charge is 2.45. The number of phenolic OH excluding ortho intramolecular Hbond substituents is 1. The fourth-order valence-electron chi connectivity index (χ4n) is 8.59. The molecule has 1 N–H and O–H groups in total. The largest absolute Gasteiger partial charge is 0.508 e. The Balaban J connectivity index is 1.18. The van der Waals surface area contributed by atoms with Crippen LogP contribution in [-0.4, -0.2) is 107 Å². The van der Waals surface area contributed by atoms with Crippen LogP contribution in [0.1, 0.15) is 38.5 Å². The van der Waals surface area contributed by atoms with Crippen LogP contribution < -0.4 is 9.64 Å². The fourth-order valence-corrected chi connectivity index (χ4v) is 8.59.